The van der Waals surface area contributed by atoms with E-state index in [0.717, 1.165) is 50.5 Å². The Hall–Kier alpha value is -3.17. The Morgan fingerprint density at radius 1 is 1.09 bits per heavy atom. The SMILES string of the molecule is O=C(Nc1ccc(N2CCCCC2)c(C(=O)NCC2CCCO2)c1)c1ccc(Cl)c([N+](=O)[O-])c1. The molecule has 2 aromatic rings. The molecule has 1 unspecified atom stereocenters. The fraction of sp³-hybridized carbons (Fsp3) is 0.417. The third kappa shape index (κ3) is 5.66. The van der Waals surface area contributed by atoms with Gasteiger partial charge in [-0.3, -0.25) is 19.7 Å². The van der Waals surface area contributed by atoms with Crippen molar-refractivity contribution in [2.75, 3.05) is 36.5 Å². The second-order valence-corrected chi connectivity index (χ2v) is 8.91. The summed E-state index contributed by atoms with van der Waals surface area (Å²) < 4.78 is 5.61. The van der Waals surface area contributed by atoms with Crippen LogP contribution >= 0.6 is 11.6 Å². The lowest BCUT2D eigenvalue weighted by molar-refractivity contribution is -0.384. The van der Waals surface area contributed by atoms with Crippen LogP contribution in [0.1, 0.15) is 52.8 Å². The number of nitrogens with one attached hydrogen (secondary N) is 2. The molecule has 1 atom stereocenters. The van der Waals surface area contributed by atoms with Gasteiger partial charge in [0.15, 0.2) is 0 Å². The number of nitrogens with zero attached hydrogens (tertiary/aromatic N) is 2. The standard InChI is InChI=1S/C24H27ClN4O5/c25-20-8-6-16(13-22(20)29(32)33)23(30)27-17-7-9-21(28-10-2-1-3-11-28)19(14-17)24(31)26-15-18-5-4-12-34-18/h6-9,13-14,18H,1-5,10-12,15H2,(H,26,31)(H,27,30). The number of hydrogen-bond acceptors (Lipinski definition) is 6. The Kier molecular flexibility index (Phi) is 7.64. The highest BCUT2D eigenvalue weighted by Crippen LogP contribution is 2.29. The summed E-state index contributed by atoms with van der Waals surface area (Å²) in [6.07, 6.45) is 5.21. The van der Waals surface area contributed by atoms with E-state index in [1.54, 1.807) is 12.1 Å². The molecule has 2 amide bonds. The number of nitro groups is 1. The fourth-order valence-electron chi connectivity index (χ4n) is 4.31. The third-order valence-electron chi connectivity index (χ3n) is 6.12. The number of piperidine rings is 1. The van der Waals surface area contributed by atoms with Crippen LogP contribution in [0, 0.1) is 10.1 Å². The van der Waals surface area contributed by atoms with E-state index in [0.29, 0.717) is 24.4 Å². The van der Waals surface area contributed by atoms with E-state index in [9.17, 15) is 19.7 Å². The van der Waals surface area contributed by atoms with Gasteiger partial charge in [0.05, 0.1) is 16.6 Å². The quantitative estimate of drug-likeness (QED) is 0.443. The van der Waals surface area contributed by atoms with E-state index < -0.39 is 10.8 Å². The van der Waals surface area contributed by atoms with Gasteiger partial charge in [0.1, 0.15) is 5.02 Å². The van der Waals surface area contributed by atoms with Crippen LogP contribution in [0.5, 0.6) is 0 Å². The molecule has 0 saturated carbocycles. The maximum atomic E-state index is 13.1. The summed E-state index contributed by atoms with van der Waals surface area (Å²) in [5, 5.41) is 16.8. The van der Waals surface area contributed by atoms with Gasteiger partial charge in [-0.1, -0.05) is 11.6 Å². The highest BCUT2D eigenvalue weighted by Gasteiger charge is 2.22. The van der Waals surface area contributed by atoms with Gasteiger partial charge in [-0.05, 0) is 62.4 Å². The summed E-state index contributed by atoms with van der Waals surface area (Å²) in [5.41, 5.74) is 1.47. The second kappa shape index (κ2) is 10.8. The highest BCUT2D eigenvalue weighted by molar-refractivity contribution is 6.32. The first kappa shape index (κ1) is 24.0. The van der Waals surface area contributed by atoms with Gasteiger partial charge < -0.3 is 20.3 Å². The first-order chi connectivity index (χ1) is 16.4. The predicted octanol–water partition coefficient (Wildman–Crippen LogP) is 4.40. The van der Waals surface area contributed by atoms with Gasteiger partial charge in [0.2, 0.25) is 0 Å². The van der Waals surface area contributed by atoms with Crippen LogP contribution in [0.3, 0.4) is 0 Å². The highest BCUT2D eigenvalue weighted by atomic mass is 35.5. The Morgan fingerprint density at radius 2 is 1.88 bits per heavy atom. The van der Waals surface area contributed by atoms with Gasteiger partial charge >= 0.3 is 0 Å². The van der Waals surface area contributed by atoms with Crippen molar-refractivity contribution in [2.45, 2.75) is 38.2 Å². The number of rotatable bonds is 7. The molecule has 2 heterocycles. The van der Waals surface area contributed by atoms with Gasteiger partial charge in [-0.2, -0.15) is 0 Å². The monoisotopic (exact) mass is 486 g/mol. The molecule has 34 heavy (non-hydrogen) atoms. The molecule has 2 aliphatic heterocycles. The van der Waals surface area contributed by atoms with Crippen molar-refractivity contribution in [3.05, 3.63) is 62.7 Å². The van der Waals surface area contributed by atoms with Gasteiger partial charge in [0.25, 0.3) is 17.5 Å². The van der Waals surface area contributed by atoms with E-state index >= 15 is 0 Å². The molecule has 2 aliphatic rings. The normalized spacial score (nSPS) is 17.9. The van der Waals surface area contributed by atoms with Gasteiger partial charge in [0, 0.05) is 49.2 Å². The van der Waals surface area contributed by atoms with Crippen molar-refractivity contribution < 1.29 is 19.2 Å². The number of carbonyl (C=O) groups excluding carboxylic acids is 2. The van der Waals surface area contributed by atoms with Crippen LogP contribution in [-0.2, 0) is 4.74 Å². The van der Waals surface area contributed by atoms with E-state index in [2.05, 4.69) is 15.5 Å². The molecule has 180 valence electrons. The lowest BCUT2D eigenvalue weighted by Gasteiger charge is -2.30. The topological polar surface area (TPSA) is 114 Å². The molecule has 0 spiro atoms. The summed E-state index contributed by atoms with van der Waals surface area (Å²) in [6, 6.07) is 9.10. The maximum absolute atomic E-state index is 13.1. The first-order valence-corrected chi connectivity index (χ1v) is 11.8. The molecular weight excluding hydrogens is 460 g/mol. The van der Waals surface area contributed by atoms with Crippen LogP contribution in [-0.4, -0.2) is 49.1 Å². The van der Waals surface area contributed by atoms with Crippen molar-refractivity contribution in [1.29, 1.82) is 0 Å². The largest absolute Gasteiger partial charge is 0.376 e. The smallest absolute Gasteiger partial charge is 0.288 e. The van der Waals surface area contributed by atoms with Crippen LogP contribution < -0.4 is 15.5 Å². The Labute approximate surface area is 202 Å². The number of amides is 2. The lowest BCUT2D eigenvalue weighted by atomic mass is 10.1. The van der Waals surface area contributed by atoms with Crippen molar-refractivity contribution in [1.82, 2.24) is 5.32 Å². The minimum atomic E-state index is -0.636. The average molecular weight is 487 g/mol. The second-order valence-electron chi connectivity index (χ2n) is 8.50. The minimum absolute atomic E-state index is 0.0194. The summed E-state index contributed by atoms with van der Waals surface area (Å²) in [7, 11) is 0. The van der Waals surface area contributed by atoms with Crippen LogP contribution in [0.2, 0.25) is 5.02 Å². The Morgan fingerprint density at radius 3 is 2.59 bits per heavy atom. The molecule has 0 radical (unpaired) electrons. The molecule has 10 heteroatoms. The summed E-state index contributed by atoms with van der Waals surface area (Å²) in [4.78, 5) is 38.6. The van der Waals surface area contributed by atoms with Crippen molar-refractivity contribution in [2.24, 2.45) is 0 Å². The lowest BCUT2D eigenvalue weighted by Crippen LogP contribution is -2.35. The molecule has 2 fully saturated rings. The maximum Gasteiger partial charge on any atom is 0.288 e. The predicted molar refractivity (Wildman–Crippen MR) is 130 cm³/mol. The zero-order valence-electron chi connectivity index (χ0n) is 18.7. The zero-order chi connectivity index (χ0) is 24.1. The molecule has 4 rings (SSSR count). The first-order valence-electron chi connectivity index (χ1n) is 11.5. The molecule has 0 bridgehead atoms. The summed E-state index contributed by atoms with van der Waals surface area (Å²) >= 11 is 5.85. The average Bonchev–Trinajstić information content (AvgIpc) is 3.37. The number of carbonyl (C=O) groups is 2. The van der Waals surface area contributed by atoms with E-state index in [1.807, 2.05) is 6.07 Å². The number of anilines is 2. The van der Waals surface area contributed by atoms with Crippen molar-refractivity contribution in [3.8, 4) is 0 Å². The zero-order valence-corrected chi connectivity index (χ0v) is 19.5. The van der Waals surface area contributed by atoms with Crippen LogP contribution in [0.15, 0.2) is 36.4 Å². The molecular formula is C24H27ClN4O5. The van der Waals surface area contributed by atoms with E-state index in [-0.39, 0.29) is 28.3 Å². The number of halogens is 1. The Balaban J connectivity index is 1.56. The van der Waals surface area contributed by atoms with E-state index in [4.69, 9.17) is 16.3 Å². The van der Waals surface area contributed by atoms with E-state index in [1.165, 1.54) is 18.6 Å². The molecule has 0 aromatic heterocycles. The molecule has 0 aliphatic carbocycles. The van der Waals surface area contributed by atoms with Crippen molar-refractivity contribution in [3.63, 3.8) is 0 Å². The summed E-state index contributed by atoms with van der Waals surface area (Å²) in [5.74, 6) is -0.759. The van der Waals surface area contributed by atoms with Crippen LogP contribution in [0.25, 0.3) is 0 Å². The van der Waals surface area contributed by atoms with Crippen LogP contribution in [0.4, 0.5) is 17.1 Å². The molecule has 2 aromatic carbocycles. The van der Waals surface area contributed by atoms with Gasteiger partial charge in [-0.25, -0.2) is 0 Å². The minimum Gasteiger partial charge on any atom is -0.376 e. The molecule has 9 nitrogen and oxygen atoms in total. The Bertz CT molecular complexity index is 1080. The number of benzene rings is 2. The van der Waals surface area contributed by atoms with Crippen molar-refractivity contribution >= 4 is 40.5 Å². The number of nitro benzene ring substituents is 1. The van der Waals surface area contributed by atoms with Gasteiger partial charge in [-0.15, -0.1) is 0 Å². The summed E-state index contributed by atoms with van der Waals surface area (Å²) in [6.45, 7) is 2.88. The number of hydrogen-bond donors (Lipinski definition) is 2. The fourth-order valence-corrected chi connectivity index (χ4v) is 4.50. The third-order valence-corrected chi connectivity index (χ3v) is 6.43. The molecule has 2 N–H and O–H groups in total. The molecule has 2 saturated heterocycles. The number of ether oxygens (including phenoxy) is 1.